The van der Waals surface area contributed by atoms with Crippen LogP contribution in [0.1, 0.15) is 46.3 Å². The van der Waals surface area contributed by atoms with Crippen LogP contribution in [0.5, 0.6) is 0 Å². The van der Waals surface area contributed by atoms with E-state index in [-0.39, 0.29) is 35.8 Å². The molecule has 1 aliphatic heterocycles. The minimum Gasteiger partial charge on any atom is -0.464 e. The van der Waals surface area contributed by atoms with Crippen molar-refractivity contribution >= 4 is 17.8 Å². The van der Waals surface area contributed by atoms with E-state index < -0.39 is 11.5 Å². The number of ether oxygens (including phenoxy) is 1. The molecule has 0 spiro atoms. The maximum Gasteiger partial charge on any atom is 0.359 e. The molecular weight excluding hydrogens is 360 g/mol. The minimum atomic E-state index is -1.06. The Morgan fingerprint density at radius 3 is 2.64 bits per heavy atom. The van der Waals surface area contributed by atoms with Crippen LogP contribution < -0.4 is 5.32 Å². The Labute approximate surface area is 162 Å². The number of methoxy groups -OCH3 is 1. The average Bonchev–Trinajstić information content (AvgIpc) is 3.44. The lowest BCUT2D eigenvalue weighted by Crippen LogP contribution is -2.64. The second-order valence-corrected chi connectivity index (χ2v) is 7.41. The lowest BCUT2D eigenvalue weighted by atomic mass is 9.94. The number of fused-ring (bicyclic) bond motifs is 1. The molecule has 4 rings (SSSR count). The summed E-state index contributed by atoms with van der Waals surface area (Å²) in [5.74, 6) is -1.24. The molecule has 1 saturated carbocycles. The monoisotopic (exact) mass is 382 g/mol. The number of hydrogen-bond acceptors (Lipinski definition) is 5. The standard InChI is InChI=1S/C20H22N4O4/c1-20(19(27)21-10-13-6-4-3-5-7-13)11-23-12-22-15(18(26)28-2)16(23)17(25)24(20)14-8-9-14/h3-7,12,14H,8-11H2,1-2H3,(H,21,27). The first-order valence-electron chi connectivity index (χ1n) is 9.25. The number of benzene rings is 1. The molecule has 28 heavy (non-hydrogen) atoms. The third kappa shape index (κ3) is 2.94. The van der Waals surface area contributed by atoms with Crippen molar-refractivity contribution in [3.8, 4) is 0 Å². The van der Waals surface area contributed by atoms with Crippen molar-refractivity contribution < 1.29 is 19.1 Å². The van der Waals surface area contributed by atoms with Crippen molar-refractivity contribution in [3.05, 3.63) is 53.6 Å². The fraction of sp³-hybridized carbons (Fsp3) is 0.400. The Balaban J connectivity index is 1.64. The highest BCUT2D eigenvalue weighted by molar-refractivity contribution is 6.06. The molecule has 0 radical (unpaired) electrons. The average molecular weight is 382 g/mol. The van der Waals surface area contributed by atoms with Gasteiger partial charge in [-0.2, -0.15) is 0 Å². The van der Waals surface area contributed by atoms with Crippen LogP contribution in [0.25, 0.3) is 0 Å². The van der Waals surface area contributed by atoms with E-state index in [1.807, 2.05) is 30.3 Å². The minimum absolute atomic E-state index is 0.00544. The molecule has 1 atom stereocenters. The summed E-state index contributed by atoms with van der Waals surface area (Å²) >= 11 is 0. The molecule has 1 aliphatic carbocycles. The number of carbonyl (C=O) groups excluding carboxylic acids is 3. The highest BCUT2D eigenvalue weighted by Crippen LogP contribution is 2.38. The maximum atomic E-state index is 13.3. The Kier molecular flexibility index (Phi) is 4.41. The molecule has 2 aromatic rings. The second-order valence-electron chi connectivity index (χ2n) is 7.41. The molecule has 146 valence electrons. The van der Waals surface area contributed by atoms with Gasteiger partial charge in [-0.3, -0.25) is 9.59 Å². The summed E-state index contributed by atoms with van der Waals surface area (Å²) < 4.78 is 6.32. The van der Waals surface area contributed by atoms with Crippen LogP contribution in [0.4, 0.5) is 0 Å². The first kappa shape index (κ1) is 18.2. The lowest BCUT2D eigenvalue weighted by Gasteiger charge is -2.44. The Morgan fingerprint density at radius 1 is 1.29 bits per heavy atom. The predicted molar refractivity (Wildman–Crippen MR) is 99.5 cm³/mol. The van der Waals surface area contributed by atoms with Crippen molar-refractivity contribution in [2.24, 2.45) is 0 Å². The molecule has 8 nitrogen and oxygen atoms in total. The lowest BCUT2D eigenvalue weighted by molar-refractivity contribution is -0.133. The molecule has 8 heteroatoms. The van der Waals surface area contributed by atoms with E-state index in [1.165, 1.54) is 13.4 Å². The van der Waals surface area contributed by atoms with Gasteiger partial charge < -0.3 is 19.5 Å². The largest absolute Gasteiger partial charge is 0.464 e. The number of nitrogens with zero attached hydrogens (tertiary/aromatic N) is 3. The third-order valence-electron chi connectivity index (χ3n) is 5.34. The van der Waals surface area contributed by atoms with E-state index >= 15 is 0 Å². The number of imidazole rings is 1. The zero-order valence-corrected chi connectivity index (χ0v) is 15.8. The number of esters is 1. The first-order chi connectivity index (χ1) is 13.5. The van der Waals surface area contributed by atoms with Crippen molar-refractivity contribution in [2.45, 2.75) is 44.4 Å². The maximum absolute atomic E-state index is 13.3. The SMILES string of the molecule is COC(=O)c1ncn2c1C(=O)N(C1CC1)C(C)(C(=O)NCc1ccccc1)C2. The van der Waals surface area contributed by atoms with Gasteiger partial charge in [-0.05, 0) is 25.3 Å². The van der Waals surface area contributed by atoms with E-state index in [0.717, 1.165) is 18.4 Å². The van der Waals surface area contributed by atoms with E-state index in [0.29, 0.717) is 6.54 Å². The quantitative estimate of drug-likeness (QED) is 0.788. The van der Waals surface area contributed by atoms with Gasteiger partial charge in [-0.25, -0.2) is 9.78 Å². The summed E-state index contributed by atoms with van der Waals surface area (Å²) in [4.78, 5) is 44.1. The van der Waals surface area contributed by atoms with E-state index in [2.05, 4.69) is 10.3 Å². The molecule has 1 unspecified atom stereocenters. The molecule has 2 heterocycles. The third-order valence-corrected chi connectivity index (χ3v) is 5.34. The molecular formula is C20H22N4O4. The highest BCUT2D eigenvalue weighted by atomic mass is 16.5. The number of nitrogens with one attached hydrogen (secondary N) is 1. The van der Waals surface area contributed by atoms with Gasteiger partial charge in [0.05, 0.1) is 20.0 Å². The Hall–Kier alpha value is -3.16. The summed E-state index contributed by atoms with van der Waals surface area (Å²) in [6.45, 7) is 2.38. The number of rotatable bonds is 5. The van der Waals surface area contributed by atoms with Gasteiger partial charge in [-0.1, -0.05) is 30.3 Å². The van der Waals surface area contributed by atoms with E-state index in [4.69, 9.17) is 4.74 Å². The molecule has 1 N–H and O–H groups in total. The van der Waals surface area contributed by atoms with Gasteiger partial charge in [0.2, 0.25) is 5.91 Å². The Morgan fingerprint density at radius 2 is 2.00 bits per heavy atom. The normalized spacial score (nSPS) is 21.2. The zero-order chi connectivity index (χ0) is 19.9. The number of aromatic nitrogens is 2. The fourth-order valence-electron chi connectivity index (χ4n) is 3.77. The Bertz CT molecular complexity index is 935. The van der Waals surface area contributed by atoms with Crippen molar-refractivity contribution in [1.29, 1.82) is 0 Å². The van der Waals surface area contributed by atoms with Gasteiger partial charge in [0.25, 0.3) is 5.91 Å². The molecule has 2 amide bonds. The molecule has 1 aromatic carbocycles. The number of hydrogen-bond donors (Lipinski definition) is 1. The van der Waals surface area contributed by atoms with Gasteiger partial charge >= 0.3 is 5.97 Å². The molecule has 1 fully saturated rings. The first-order valence-corrected chi connectivity index (χ1v) is 9.25. The van der Waals surface area contributed by atoms with Crippen LogP contribution in [0, 0.1) is 0 Å². The van der Waals surface area contributed by atoms with Gasteiger partial charge in [0, 0.05) is 12.6 Å². The summed E-state index contributed by atoms with van der Waals surface area (Å²) in [6, 6.07) is 9.61. The van der Waals surface area contributed by atoms with Crippen LogP contribution in [-0.2, 0) is 22.6 Å². The smallest absolute Gasteiger partial charge is 0.359 e. The van der Waals surface area contributed by atoms with Crippen LogP contribution >= 0.6 is 0 Å². The fourth-order valence-corrected chi connectivity index (χ4v) is 3.77. The van der Waals surface area contributed by atoms with Gasteiger partial charge in [-0.15, -0.1) is 0 Å². The molecule has 2 aliphatic rings. The van der Waals surface area contributed by atoms with Crippen LogP contribution in [0.2, 0.25) is 0 Å². The topological polar surface area (TPSA) is 93.5 Å². The van der Waals surface area contributed by atoms with E-state index in [9.17, 15) is 14.4 Å². The van der Waals surface area contributed by atoms with Gasteiger partial charge in [0.1, 0.15) is 11.2 Å². The molecule has 0 saturated heterocycles. The molecule has 1 aromatic heterocycles. The van der Waals surface area contributed by atoms with E-state index in [1.54, 1.807) is 16.4 Å². The highest BCUT2D eigenvalue weighted by Gasteiger charge is 2.53. The summed E-state index contributed by atoms with van der Waals surface area (Å²) in [7, 11) is 1.25. The predicted octanol–water partition coefficient (Wildman–Crippen LogP) is 1.36. The second kappa shape index (κ2) is 6.78. The number of amides is 2. The molecule has 0 bridgehead atoms. The van der Waals surface area contributed by atoms with Crippen LogP contribution in [-0.4, -0.2) is 50.9 Å². The summed E-state index contributed by atoms with van der Waals surface area (Å²) in [5.41, 5.74) is 0.0986. The van der Waals surface area contributed by atoms with Crippen LogP contribution in [0.15, 0.2) is 36.7 Å². The van der Waals surface area contributed by atoms with Crippen LogP contribution in [0.3, 0.4) is 0 Å². The summed E-state index contributed by atoms with van der Waals surface area (Å²) in [5, 5.41) is 2.96. The van der Waals surface area contributed by atoms with Crippen molar-refractivity contribution in [2.75, 3.05) is 7.11 Å². The summed E-state index contributed by atoms with van der Waals surface area (Å²) in [6.07, 6.45) is 3.11. The van der Waals surface area contributed by atoms with Gasteiger partial charge in [0.15, 0.2) is 5.69 Å². The number of carbonyl (C=O) groups is 3. The van der Waals surface area contributed by atoms with Crippen molar-refractivity contribution in [1.82, 2.24) is 19.8 Å². The van der Waals surface area contributed by atoms with Crippen molar-refractivity contribution in [3.63, 3.8) is 0 Å². The zero-order valence-electron chi connectivity index (χ0n) is 15.8.